The van der Waals surface area contributed by atoms with Crippen LogP contribution in [-0.2, 0) is 0 Å². The smallest absolute Gasteiger partial charge is 0.224 e. The zero-order valence-electron chi connectivity index (χ0n) is 10.9. The van der Waals surface area contributed by atoms with E-state index in [1.807, 2.05) is 13.0 Å². The van der Waals surface area contributed by atoms with Gasteiger partial charge in [0, 0.05) is 11.8 Å². The number of nitrogens with one attached hydrogen (secondary N) is 1. The van der Waals surface area contributed by atoms with Crippen molar-refractivity contribution in [3.8, 4) is 0 Å². The fraction of sp³-hybridized carbons (Fsp3) is 0.692. The highest BCUT2D eigenvalue weighted by Crippen LogP contribution is 2.34. The van der Waals surface area contributed by atoms with Crippen molar-refractivity contribution in [3.63, 3.8) is 0 Å². The topological polar surface area (TPSA) is 58.0 Å². The molecule has 0 saturated heterocycles. The number of aliphatic hydroxyl groups excluding tert-OH is 1. The summed E-state index contributed by atoms with van der Waals surface area (Å²) in [5.74, 6) is 1.33. The van der Waals surface area contributed by atoms with Crippen LogP contribution >= 0.6 is 11.6 Å². The summed E-state index contributed by atoms with van der Waals surface area (Å²) >= 11 is 5.86. The Hall–Kier alpha value is -0.870. The van der Waals surface area contributed by atoms with E-state index in [0.29, 0.717) is 11.7 Å². The monoisotopic (exact) mass is 269 g/mol. The minimum atomic E-state index is -0.262. The largest absolute Gasteiger partial charge is 0.394 e. The second-order valence-corrected chi connectivity index (χ2v) is 5.77. The lowest BCUT2D eigenvalue weighted by Gasteiger charge is -2.39. The summed E-state index contributed by atoms with van der Waals surface area (Å²) in [6.07, 6.45) is 4.29. The maximum atomic E-state index is 9.72. The van der Waals surface area contributed by atoms with Crippen LogP contribution < -0.4 is 5.32 Å². The lowest BCUT2D eigenvalue weighted by Crippen LogP contribution is -2.46. The zero-order chi connectivity index (χ0) is 13.2. The molecule has 0 bridgehead atoms. The normalized spacial score (nSPS) is 28.1. The van der Waals surface area contributed by atoms with Gasteiger partial charge in [-0.25, -0.2) is 9.97 Å². The Morgan fingerprint density at radius 2 is 2.33 bits per heavy atom. The zero-order valence-corrected chi connectivity index (χ0v) is 11.7. The van der Waals surface area contributed by atoms with E-state index in [1.54, 1.807) is 0 Å². The van der Waals surface area contributed by atoms with E-state index in [0.717, 1.165) is 25.0 Å². The fourth-order valence-corrected chi connectivity index (χ4v) is 3.05. The first-order chi connectivity index (χ1) is 8.53. The number of rotatable bonds is 3. The van der Waals surface area contributed by atoms with Crippen molar-refractivity contribution in [1.29, 1.82) is 0 Å². The van der Waals surface area contributed by atoms with E-state index in [1.165, 1.54) is 6.42 Å². The number of hydrogen-bond acceptors (Lipinski definition) is 4. The van der Waals surface area contributed by atoms with Crippen molar-refractivity contribution < 1.29 is 5.11 Å². The van der Waals surface area contributed by atoms with E-state index < -0.39 is 0 Å². The highest BCUT2D eigenvalue weighted by molar-refractivity contribution is 6.28. The molecule has 18 heavy (non-hydrogen) atoms. The molecule has 1 aromatic rings. The van der Waals surface area contributed by atoms with E-state index in [9.17, 15) is 5.11 Å². The summed E-state index contributed by atoms with van der Waals surface area (Å²) < 4.78 is 0. The Morgan fingerprint density at radius 3 is 2.94 bits per heavy atom. The van der Waals surface area contributed by atoms with Crippen molar-refractivity contribution in [2.24, 2.45) is 5.92 Å². The minimum absolute atomic E-state index is 0.123. The van der Waals surface area contributed by atoms with E-state index in [4.69, 9.17) is 11.6 Å². The molecule has 0 spiro atoms. The maximum absolute atomic E-state index is 9.72. The van der Waals surface area contributed by atoms with Crippen molar-refractivity contribution in [1.82, 2.24) is 9.97 Å². The molecule has 2 unspecified atom stereocenters. The second-order valence-electron chi connectivity index (χ2n) is 5.43. The Balaban J connectivity index is 2.18. The van der Waals surface area contributed by atoms with Gasteiger partial charge in [0.05, 0.1) is 12.1 Å². The minimum Gasteiger partial charge on any atom is -0.394 e. The van der Waals surface area contributed by atoms with Crippen LogP contribution in [0.1, 0.15) is 38.3 Å². The van der Waals surface area contributed by atoms with Crippen LogP contribution in [0.25, 0.3) is 0 Å². The molecule has 1 aromatic heterocycles. The Labute approximate surface area is 113 Å². The van der Waals surface area contributed by atoms with Crippen molar-refractivity contribution >= 4 is 17.4 Å². The van der Waals surface area contributed by atoms with Gasteiger partial charge in [-0.15, -0.1) is 0 Å². The summed E-state index contributed by atoms with van der Waals surface area (Å²) in [5, 5.41) is 13.3. The van der Waals surface area contributed by atoms with E-state index >= 15 is 0 Å². The molecule has 1 aliphatic carbocycles. The molecule has 5 heteroatoms. The molecule has 1 saturated carbocycles. The second kappa shape index (κ2) is 5.41. The third-order valence-electron chi connectivity index (χ3n) is 3.61. The molecular weight excluding hydrogens is 250 g/mol. The summed E-state index contributed by atoms with van der Waals surface area (Å²) in [5.41, 5.74) is 0.566. The Kier molecular flexibility index (Phi) is 4.07. The molecule has 0 amide bonds. The third kappa shape index (κ3) is 3.12. The first-order valence-electron chi connectivity index (χ1n) is 6.43. The van der Waals surface area contributed by atoms with Crippen LogP contribution in [-0.4, -0.2) is 27.2 Å². The van der Waals surface area contributed by atoms with Gasteiger partial charge in [0.1, 0.15) is 5.82 Å². The van der Waals surface area contributed by atoms with Gasteiger partial charge >= 0.3 is 0 Å². The van der Waals surface area contributed by atoms with Crippen LogP contribution in [0, 0.1) is 12.8 Å². The molecule has 100 valence electrons. The standard InChI is InChI=1S/C13H20ClN3O/c1-9-4-3-5-13(7-9,8-18)17-11-6-10(2)15-12(14)16-11/h6,9,18H,3-5,7-8H2,1-2H3,(H,15,16,17). The summed E-state index contributed by atoms with van der Waals surface area (Å²) in [6, 6.07) is 1.86. The van der Waals surface area contributed by atoms with Gasteiger partial charge in [-0.3, -0.25) is 0 Å². The first kappa shape index (κ1) is 13.6. The van der Waals surface area contributed by atoms with Crippen molar-refractivity contribution in [3.05, 3.63) is 17.0 Å². The number of anilines is 1. The van der Waals surface area contributed by atoms with Crippen LogP contribution in [0.4, 0.5) is 5.82 Å². The van der Waals surface area contributed by atoms with Gasteiger partial charge in [-0.2, -0.15) is 0 Å². The van der Waals surface area contributed by atoms with Gasteiger partial charge < -0.3 is 10.4 Å². The highest BCUT2D eigenvalue weighted by atomic mass is 35.5. The van der Waals surface area contributed by atoms with E-state index in [2.05, 4.69) is 22.2 Å². The number of nitrogens with zero attached hydrogens (tertiary/aromatic N) is 2. The highest BCUT2D eigenvalue weighted by Gasteiger charge is 2.34. The van der Waals surface area contributed by atoms with Gasteiger partial charge in [0.2, 0.25) is 5.28 Å². The first-order valence-corrected chi connectivity index (χ1v) is 6.81. The lowest BCUT2D eigenvalue weighted by atomic mass is 9.77. The predicted octanol–water partition coefficient (Wildman–Crippen LogP) is 2.79. The lowest BCUT2D eigenvalue weighted by molar-refractivity contribution is 0.149. The maximum Gasteiger partial charge on any atom is 0.224 e. The SMILES string of the molecule is Cc1cc(NC2(CO)CCCC(C)C2)nc(Cl)n1. The Morgan fingerprint density at radius 1 is 1.56 bits per heavy atom. The fourth-order valence-electron chi connectivity index (χ4n) is 2.82. The quantitative estimate of drug-likeness (QED) is 0.829. The average molecular weight is 270 g/mol. The number of aromatic nitrogens is 2. The third-order valence-corrected chi connectivity index (χ3v) is 3.78. The number of hydrogen-bond donors (Lipinski definition) is 2. The molecule has 2 N–H and O–H groups in total. The van der Waals surface area contributed by atoms with Gasteiger partial charge in [0.15, 0.2) is 0 Å². The summed E-state index contributed by atoms with van der Waals surface area (Å²) in [4.78, 5) is 8.22. The molecule has 2 atom stereocenters. The molecule has 1 fully saturated rings. The average Bonchev–Trinajstić information content (AvgIpc) is 2.27. The molecule has 0 aromatic carbocycles. The number of halogens is 1. The number of aliphatic hydroxyl groups is 1. The molecule has 1 aliphatic rings. The van der Waals surface area contributed by atoms with Gasteiger partial charge in [0.25, 0.3) is 0 Å². The van der Waals surface area contributed by atoms with Crippen LogP contribution in [0.2, 0.25) is 5.28 Å². The van der Waals surface area contributed by atoms with Crippen molar-refractivity contribution in [2.45, 2.75) is 45.1 Å². The van der Waals surface area contributed by atoms with Gasteiger partial charge in [-0.05, 0) is 37.3 Å². The van der Waals surface area contributed by atoms with E-state index in [-0.39, 0.29) is 17.4 Å². The van der Waals surface area contributed by atoms with Crippen LogP contribution in [0.3, 0.4) is 0 Å². The van der Waals surface area contributed by atoms with Crippen molar-refractivity contribution in [2.75, 3.05) is 11.9 Å². The van der Waals surface area contributed by atoms with Gasteiger partial charge in [-0.1, -0.05) is 19.8 Å². The summed E-state index contributed by atoms with van der Waals surface area (Å²) in [7, 11) is 0. The van der Waals surface area contributed by atoms with Crippen LogP contribution in [0.5, 0.6) is 0 Å². The number of aryl methyl sites for hydroxylation is 1. The summed E-state index contributed by atoms with van der Waals surface area (Å²) in [6.45, 7) is 4.23. The predicted molar refractivity (Wildman–Crippen MR) is 72.9 cm³/mol. The molecular formula is C13H20ClN3O. The molecule has 2 rings (SSSR count). The Bertz CT molecular complexity index is 406. The molecule has 0 radical (unpaired) electrons. The molecule has 0 aliphatic heterocycles. The van der Waals surface area contributed by atoms with Crippen LogP contribution in [0.15, 0.2) is 6.07 Å². The molecule has 4 nitrogen and oxygen atoms in total. The molecule has 1 heterocycles.